The fourth-order valence-corrected chi connectivity index (χ4v) is 4.22. The van der Waals surface area contributed by atoms with Crippen molar-refractivity contribution in [1.29, 1.82) is 0 Å². The predicted octanol–water partition coefficient (Wildman–Crippen LogP) is 4.38. The molecule has 0 radical (unpaired) electrons. The van der Waals surface area contributed by atoms with Crippen molar-refractivity contribution in [3.63, 3.8) is 0 Å². The van der Waals surface area contributed by atoms with Crippen LogP contribution in [0, 0.1) is 0 Å². The van der Waals surface area contributed by atoms with Gasteiger partial charge in [0.2, 0.25) is 0 Å². The molecule has 0 fully saturated rings. The Hall–Kier alpha value is -0.470. The van der Waals surface area contributed by atoms with Crippen LogP contribution in [0.25, 0.3) is 0 Å². The summed E-state index contributed by atoms with van der Waals surface area (Å²) in [6, 6.07) is 10.9. The van der Waals surface area contributed by atoms with E-state index in [0.29, 0.717) is 5.41 Å². The van der Waals surface area contributed by atoms with Crippen molar-refractivity contribution in [2.45, 2.75) is 39.0 Å². The topological polar surface area (TPSA) is 12.0 Å². The van der Waals surface area contributed by atoms with E-state index in [0.717, 1.165) is 6.54 Å². The fraction of sp³-hybridized carbons (Fsp3) is 0.647. The highest BCUT2D eigenvalue weighted by Gasteiger charge is 2.21. The number of benzene rings is 1. The number of hydrogen-bond donors (Lipinski definition) is 1. The van der Waals surface area contributed by atoms with Crippen molar-refractivity contribution in [3.8, 4) is 0 Å². The lowest BCUT2D eigenvalue weighted by atomic mass is 9.81. The number of rotatable bonds is 8. The molecule has 1 nitrogen and oxygen atoms in total. The first-order chi connectivity index (χ1) is 8.87. The van der Waals surface area contributed by atoms with E-state index in [1.807, 2.05) is 0 Å². The molecule has 0 spiro atoms. The summed E-state index contributed by atoms with van der Waals surface area (Å²) in [5.74, 6) is 2.57. The Labute approximate surface area is 121 Å². The lowest BCUT2D eigenvalue weighted by molar-refractivity contribution is 0.474. The summed E-state index contributed by atoms with van der Waals surface area (Å²) >= 11 is 0. The Bertz CT molecular complexity index is 357. The Morgan fingerprint density at radius 1 is 1.11 bits per heavy atom. The average molecular weight is 282 g/mol. The second-order valence-electron chi connectivity index (χ2n) is 6.57. The van der Waals surface area contributed by atoms with Gasteiger partial charge in [-0.1, -0.05) is 51.1 Å². The zero-order valence-corrected chi connectivity index (χ0v) is 14.1. The summed E-state index contributed by atoms with van der Waals surface area (Å²) in [4.78, 5) is 0. The first kappa shape index (κ1) is 16.6. The van der Waals surface area contributed by atoms with Crippen LogP contribution in [0.15, 0.2) is 30.3 Å². The van der Waals surface area contributed by atoms with Gasteiger partial charge in [0, 0.05) is 5.88 Å². The van der Waals surface area contributed by atoms with Gasteiger partial charge in [0.25, 0.3) is 0 Å². The molecule has 1 rings (SSSR count). The molecule has 0 saturated carbocycles. The van der Waals surface area contributed by atoms with Gasteiger partial charge in [-0.25, -0.2) is 10.0 Å². The smallest absolute Gasteiger partial charge is 0.0257 e. The third kappa shape index (κ3) is 6.01. The van der Waals surface area contributed by atoms with Gasteiger partial charge in [-0.15, -0.1) is 0 Å². The molecule has 1 aromatic carbocycles. The van der Waals surface area contributed by atoms with Gasteiger partial charge in [-0.3, -0.25) is 0 Å². The molecule has 0 aliphatic rings. The van der Waals surface area contributed by atoms with E-state index in [-0.39, 0.29) is 0 Å². The van der Waals surface area contributed by atoms with Crippen LogP contribution >= 0.6 is 10.0 Å². The van der Waals surface area contributed by atoms with Crippen molar-refractivity contribution < 1.29 is 0 Å². The third-order valence-corrected chi connectivity index (χ3v) is 6.18. The summed E-state index contributed by atoms with van der Waals surface area (Å²) in [6.07, 6.45) is 7.51. The zero-order valence-electron chi connectivity index (χ0n) is 13.3. The monoisotopic (exact) mass is 281 g/mol. The van der Waals surface area contributed by atoms with E-state index >= 15 is 0 Å². The van der Waals surface area contributed by atoms with Crippen LogP contribution in [0.4, 0.5) is 0 Å². The largest absolute Gasteiger partial charge is 0.309 e. The molecule has 1 aromatic rings. The SMILES string of the molecule is CCNCS(C)(C)CCCC(C)(C)c1ccccc1. The van der Waals surface area contributed by atoms with E-state index in [1.54, 1.807) is 0 Å². The second kappa shape index (κ2) is 7.35. The van der Waals surface area contributed by atoms with Crippen LogP contribution in [-0.2, 0) is 5.41 Å². The summed E-state index contributed by atoms with van der Waals surface area (Å²) < 4.78 is 0. The van der Waals surface area contributed by atoms with E-state index < -0.39 is 10.0 Å². The number of nitrogens with one attached hydrogen (secondary N) is 1. The van der Waals surface area contributed by atoms with E-state index in [2.05, 4.69) is 68.9 Å². The molecular formula is C17H31NS. The van der Waals surface area contributed by atoms with Crippen molar-refractivity contribution >= 4 is 10.0 Å². The van der Waals surface area contributed by atoms with Crippen LogP contribution < -0.4 is 5.32 Å². The minimum atomic E-state index is -0.459. The molecular weight excluding hydrogens is 250 g/mol. The van der Waals surface area contributed by atoms with E-state index in [9.17, 15) is 0 Å². The van der Waals surface area contributed by atoms with Crippen LogP contribution in [0.3, 0.4) is 0 Å². The van der Waals surface area contributed by atoms with Gasteiger partial charge in [0.05, 0.1) is 0 Å². The van der Waals surface area contributed by atoms with Gasteiger partial charge >= 0.3 is 0 Å². The summed E-state index contributed by atoms with van der Waals surface area (Å²) in [7, 11) is -0.459. The Kier molecular flexibility index (Phi) is 6.41. The zero-order chi connectivity index (χ0) is 14.4. The maximum atomic E-state index is 3.50. The van der Waals surface area contributed by atoms with Gasteiger partial charge in [0.1, 0.15) is 0 Å². The van der Waals surface area contributed by atoms with Gasteiger partial charge in [-0.2, -0.15) is 0 Å². The van der Waals surface area contributed by atoms with Crippen molar-refractivity contribution in [3.05, 3.63) is 35.9 Å². The van der Waals surface area contributed by atoms with Crippen LogP contribution in [0.5, 0.6) is 0 Å². The lowest BCUT2D eigenvalue weighted by Crippen LogP contribution is -2.23. The van der Waals surface area contributed by atoms with Crippen molar-refractivity contribution in [2.24, 2.45) is 0 Å². The molecule has 0 amide bonds. The maximum absolute atomic E-state index is 3.50. The van der Waals surface area contributed by atoms with Crippen LogP contribution in [0.2, 0.25) is 0 Å². The van der Waals surface area contributed by atoms with Crippen molar-refractivity contribution in [1.82, 2.24) is 5.32 Å². The van der Waals surface area contributed by atoms with Crippen LogP contribution in [0.1, 0.15) is 39.2 Å². The molecule has 2 heteroatoms. The molecule has 0 heterocycles. The fourth-order valence-electron chi connectivity index (χ4n) is 2.39. The van der Waals surface area contributed by atoms with Gasteiger partial charge in [-0.05, 0) is 48.6 Å². The minimum Gasteiger partial charge on any atom is -0.309 e. The molecule has 110 valence electrons. The molecule has 0 unspecified atom stereocenters. The summed E-state index contributed by atoms with van der Waals surface area (Å²) in [5.41, 5.74) is 1.77. The molecule has 0 saturated heterocycles. The second-order valence-corrected chi connectivity index (χ2v) is 10.8. The van der Waals surface area contributed by atoms with Gasteiger partial charge in [0.15, 0.2) is 0 Å². The predicted molar refractivity (Wildman–Crippen MR) is 91.6 cm³/mol. The third-order valence-electron chi connectivity index (χ3n) is 3.80. The van der Waals surface area contributed by atoms with Crippen molar-refractivity contribution in [2.75, 3.05) is 30.7 Å². The number of hydrogen-bond acceptors (Lipinski definition) is 1. The molecule has 0 bridgehead atoms. The first-order valence-corrected chi connectivity index (χ1v) is 10.1. The Balaban J connectivity index is 2.44. The quantitative estimate of drug-likeness (QED) is 0.746. The highest BCUT2D eigenvalue weighted by Crippen LogP contribution is 2.40. The minimum absolute atomic E-state index is 0.301. The molecule has 1 N–H and O–H groups in total. The average Bonchev–Trinajstić information content (AvgIpc) is 2.37. The van der Waals surface area contributed by atoms with Crippen LogP contribution in [-0.4, -0.2) is 30.7 Å². The molecule has 19 heavy (non-hydrogen) atoms. The first-order valence-electron chi connectivity index (χ1n) is 7.32. The molecule has 0 aromatic heterocycles. The Morgan fingerprint density at radius 3 is 2.32 bits per heavy atom. The highest BCUT2D eigenvalue weighted by atomic mass is 32.3. The molecule has 0 aliphatic heterocycles. The Morgan fingerprint density at radius 2 is 1.74 bits per heavy atom. The van der Waals surface area contributed by atoms with E-state index in [1.165, 1.54) is 30.0 Å². The highest BCUT2D eigenvalue weighted by molar-refractivity contribution is 8.32. The maximum Gasteiger partial charge on any atom is 0.0257 e. The molecule has 0 atom stereocenters. The molecule has 0 aliphatic carbocycles. The summed E-state index contributed by atoms with van der Waals surface area (Å²) in [6.45, 7) is 8.02. The van der Waals surface area contributed by atoms with Gasteiger partial charge < -0.3 is 5.32 Å². The summed E-state index contributed by atoms with van der Waals surface area (Å²) in [5, 5.41) is 3.50. The lowest BCUT2D eigenvalue weighted by Gasteiger charge is -2.33. The van der Waals surface area contributed by atoms with E-state index in [4.69, 9.17) is 0 Å². The standard InChI is InChI=1S/C17H31NS/c1-6-18-15-19(4,5)14-10-13-17(2,3)16-11-8-7-9-12-16/h7-9,11-12,18H,6,10,13-15H2,1-5H3. The normalized spacial score (nSPS) is 13.5.